The summed E-state index contributed by atoms with van der Waals surface area (Å²) < 4.78 is 0. The molecule has 1 saturated heterocycles. The Bertz CT molecular complexity index is 834. The van der Waals surface area contributed by atoms with E-state index in [2.05, 4.69) is 22.1 Å². The van der Waals surface area contributed by atoms with Gasteiger partial charge in [-0.05, 0) is 50.1 Å². The molecule has 6 heteroatoms. The van der Waals surface area contributed by atoms with Crippen LogP contribution < -0.4 is 10.9 Å². The Balaban J connectivity index is 1.64. The van der Waals surface area contributed by atoms with Crippen molar-refractivity contribution in [3.8, 4) is 0 Å². The summed E-state index contributed by atoms with van der Waals surface area (Å²) in [6.45, 7) is 4.25. The lowest BCUT2D eigenvalue weighted by atomic mass is 10.0. The molecule has 1 atom stereocenters. The van der Waals surface area contributed by atoms with E-state index in [9.17, 15) is 9.59 Å². The number of nitrogens with one attached hydrogen (secondary N) is 2. The van der Waals surface area contributed by atoms with Crippen molar-refractivity contribution < 1.29 is 4.79 Å². The predicted molar refractivity (Wildman–Crippen MR) is 103 cm³/mol. The second-order valence-electron chi connectivity index (χ2n) is 6.82. The molecule has 1 fully saturated rings. The van der Waals surface area contributed by atoms with Crippen LogP contribution in [0.1, 0.15) is 47.8 Å². The highest BCUT2D eigenvalue weighted by molar-refractivity contribution is 6.31. The van der Waals surface area contributed by atoms with E-state index in [-0.39, 0.29) is 17.7 Å². The fourth-order valence-electron chi connectivity index (χ4n) is 3.31. The van der Waals surface area contributed by atoms with E-state index in [1.165, 1.54) is 19.3 Å². The second kappa shape index (κ2) is 8.52. The first kappa shape index (κ1) is 18.7. The van der Waals surface area contributed by atoms with Crippen molar-refractivity contribution in [1.82, 2.24) is 15.2 Å². The van der Waals surface area contributed by atoms with Gasteiger partial charge in [-0.1, -0.05) is 36.2 Å². The molecule has 26 heavy (non-hydrogen) atoms. The van der Waals surface area contributed by atoms with Gasteiger partial charge in [0.25, 0.3) is 11.5 Å². The first-order valence-electron chi connectivity index (χ1n) is 9.02. The summed E-state index contributed by atoms with van der Waals surface area (Å²) in [7, 11) is 0. The van der Waals surface area contributed by atoms with Crippen LogP contribution in [0.25, 0.3) is 0 Å². The van der Waals surface area contributed by atoms with E-state index in [0.29, 0.717) is 17.6 Å². The monoisotopic (exact) mass is 373 g/mol. The molecule has 2 heterocycles. The number of hydrogen-bond acceptors (Lipinski definition) is 3. The molecule has 0 radical (unpaired) electrons. The minimum absolute atomic E-state index is 0.118. The number of likely N-dealkylation sites (tertiary alicyclic amines) is 1. The number of amides is 1. The summed E-state index contributed by atoms with van der Waals surface area (Å²) >= 11 is 6.09. The van der Waals surface area contributed by atoms with Crippen molar-refractivity contribution in [2.45, 2.75) is 45.3 Å². The maximum Gasteiger partial charge on any atom is 0.261 e. The zero-order valence-electron chi connectivity index (χ0n) is 14.9. The van der Waals surface area contributed by atoms with Gasteiger partial charge < -0.3 is 10.3 Å². The smallest absolute Gasteiger partial charge is 0.261 e. The Hall–Kier alpha value is -2.11. The van der Waals surface area contributed by atoms with Crippen molar-refractivity contribution >= 4 is 17.5 Å². The molecule has 2 aromatic rings. The van der Waals surface area contributed by atoms with E-state index in [1.807, 2.05) is 24.3 Å². The van der Waals surface area contributed by atoms with E-state index in [1.54, 1.807) is 12.1 Å². The van der Waals surface area contributed by atoms with Crippen molar-refractivity contribution in [1.29, 1.82) is 0 Å². The van der Waals surface area contributed by atoms with Crippen LogP contribution in [0.4, 0.5) is 0 Å². The van der Waals surface area contributed by atoms with Gasteiger partial charge >= 0.3 is 0 Å². The van der Waals surface area contributed by atoms with E-state index in [0.717, 1.165) is 17.8 Å². The van der Waals surface area contributed by atoms with E-state index >= 15 is 0 Å². The first-order chi connectivity index (χ1) is 12.5. The quantitative estimate of drug-likeness (QED) is 0.844. The maximum atomic E-state index is 12.3. The van der Waals surface area contributed by atoms with Gasteiger partial charge in [-0.3, -0.25) is 14.5 Å². The maximum absolute atomic E-state index is 12.3. The highest BCUT2D eigenvalue weighted by Gasteiger charge is 2.19. The number of aromatic nitrogens is 1. The van der Waals surface area contributed by atoms with Gasteiger partial charge in [0.1, 0.15) is 5.56 Å². The molecule has 1 aromatic heterocycles. The van der Waals surface area contributed by atoms with Crippen LogP contribution in [0.5, 0.6) is 0 Å². The van der Waals surface area contributed by atoms with Crippen molar-refractivity contribution in [3.05, 3.63) is 68.6 Å². The zero-order valence-corrected chi connectivity index (χ0v) is 15.7. The largest absolute Gasteiger partial charge is 0.348 e. The molecule has 1 amide bonds. The van der Waals surface area contributed by atoms with Crippen molar-refractivity contribution in [2.75, 3.05) is 6.54 Å². The molecule has 2 N–H and O–H groups in total. The van der Waals surface area contributed by atoms with Crippen molar-refractivity contribution in [2.24, 2.45) is 0 Å². The normalized spacial score (nSPS) is 17.8. The Morgan fingerprint density at radius 1 is 1.27 bits per heavy atom. The molecule has 3 rings (SSSR count). The molecule has 1 aliphatic heterocycles. The Morgan fingerprint density at radius 3 is 2.81 bits per heavy atom. The molecule has 1 unspecified atom stereocenters. The van der Waals surface area contributed by atoms with Crippen LogP contribution in [0.3, 0.4) is 0 Å². The number of halogens is 1. The van der Waals surface area contributed by atoms with E-state index in [4.69, 9.17) is 11.6 Å². The fraction of sp³-hybridized carbons (Fsp3) is 0.400. The zero-order chi connectivity index (χ0) is 18.5. The van der Waals surface area contributed by atoms with E-state index < -0.39 is 5.91 Å². The Morgan fingerprint density at radius 2 is 2.08 bits per heavy atom. The van der Waals surface area contributed by atoms with Gasteiger partial charge in [0.05, 0.1) is 0 Å². The Labute approximate surface area is 158 Å². The first-order valence-corrected chi connectivity index (χ1v) is 9.40. The van der Waals surface area contributed by atoms with Crippen LogP contribution in [0.15, 0.2) is 41.2 Å². The number of aromatic amines is 1. The number of benzene rings is 1. The molecule has 1 aromatic carbocycles. The highest BCUT2D eigenvalue weighted by atomic mass is 35.5. The topological polar surface area (TPSA) is 65.2 Å². The third kappa shape index (κ3) is 4.54. The number of piperidine rings is 1. The summed E-state index contributed by atoms with van der Waals surface area (Å²) in [4.78, 5) is 29.9. The third-order valence-electron chi connectivity index (χ3n) is 4.93. The lowest BCUT2D eigenvalue weighted by molar-refractivity contribution is 0.0949. The lowest BCUT2D eigenvalue weighted by Gasteiger charge is -2.33. The lowest BCUT2D eigenvalue weighted by Crippen LogP contribution is -2.37. The molecule has 5 nitrogen and oxygen atoms in total. The minimum Gasteiger partial charge on any atom is -0.348 e. The Kier molecular flexibility index (Phi) is 6.12. The number of rotatable bonds is 5. The summed E-state index contributed by atoms with van der Waals surface area (Å²) in [6.07, 6.45) is 3.64. The molecule has 0 aliphatic carbocycles. The number of carbonyl (C=O) groups is 1. The number of pyridine rings is 1. The van der Waals surface area contributed by atoms with Gasteiger partial charge in [0.15, 0.2) is 0 Å². The van der Waals surface area contributed by atoms with Gasteiger partial charge in [-0.25, -0.2) is 0 Å². The van der Waals surface area contributed by atoms with Gasteiger partial charge in [0, 0.05) is 29.8 Å². The molecule has 138 valence electrons. The standard InChI is InChI=1S/C20H24ClN3O2/c1-14-6-4-5-11-24(14)13-16-9-10-17(20(26)23-16)19(25)22-12-15-7-2-3-8-18(15)21/h2-3,7-10,14H,4-6,11-13H2,1H3,(H,22,25)(H,23,26). The second-order valence-corrected chi connectivity index (χ2v) is 7.22. The molecule has 1 aliphatic rings. The van der Waals surface area contributed by atoms with Crippen LogP contribution >= 0.6 is 11.6 Å². The fourth-order valence-corrected chi connectivity index (χ4v) is 3.51. The minimum atomic E-state index is -0.399. The van der Waals surface area contributed by atoms with Crippen LogP contribution in [0.2, 0.25) is 5.02 Å². The SMILES string of the molecule is CC1CCCCN1Cc1ccc(C(=O)NCc2ccccc2Cl)c(=O)[nH]1. The summed E-state index contributed by atoms with van der Waals surface area (Å²) in [6, 6.07) is 11.3. The van der Waals surface area contributed by atoms with Gasteiger partial charge in [-0.2, -0.15) is 0 Å². The van der Waals surface area contributed by atoms with Crippen LogP contribution in [-0.4, -0.2) is 28.4 Å². The molecule has 0 saturated carbocycles. The summed E-state index contributed by atoms with van der Waals surface area (Å²) in [5.74, 6) is -0.399. The molecular weight excluding hydrogens is 350 g/mol. The number of hydrogen-bond donors (Lipinski definition) is 2. The van der Waals surface area contributed by atoms with Gasteiger partial charge in [0.2, 0.25) is 0 Å². The number of carbonyl (C=O) groups excluding carboxylic acids is 1. The van der Waals surface area contributed by atoms with Gasteiger partial charge in [-0.15, -0.1) is 0 Å². The summed E-state index contributed by atoms with van der Waals surface area (Å²) in [5.41, 5.74) is 1.41. The number of H-pyrrole nitrogens is 1. The molecule has 0 spiro atoms. The highest BCUT2D eigenvalue weighted by Crippen LogP contribution is 2.18. The predicted octanol–water partition coefficient (Wildman–Crippen LogP) is 3.33. The summed E-state index contributed by atoms with van der Waals surface area (Å²) in [5, 5.41) is 3.34. The third-order valence-corrected chi connectivity index (χ3v) is 5.29. The average molecular weight is 374 g/mol. The average Bonchev–Trinajstić information content (AvgIpc) is 2.63. The van der Waals surface area contributed by atoms with Crippen LogP contribution in [-0.2, 0) is 13.1 Å². The molecule has 0 bridgehead atoms. The van der Waals surface area contributed by atoms with Crippen LogP contribution in [0, 0.1) is 0 Å². The van der Waals surface area contributed by atoms with Crippen molar-refractivity contribution in [3.63, 3.8) is 0 Å². The number of nitrogens with zero attached hydrogens (tertiary/aromatic N) is 1. The molecular formula is C20H24ClN3O2.